The van der Waals surface area contributed by atoms with Crippen LogP contribution in [-0.4, -0.2) is 96.8 Å². The third-order valence-corrected chi connectivity index (χ3v) is 9.81. The number of ether oxygens (including phenoxy) is 4. The molecule has 0 aromatic carbocycles. The van der Waals surface area contributed by atoms with E-state index < -0.39 is 0 Å². The highest BCUT2D eigenvalue weighted by Gasteiger charge is 2.23. The molecule has 56 heavy (non-hydrogen) atoms. The predicted octanol–water partition coefficient (Wildman–Crippen LogP) is 6.08. The lowest BCUT2D eigenvalue weighted by Gasteiger charge is -2.13. The summed E-state index contributed by atoms with van der Waals surface area (Å²) in [5, 5.41) is 0. The summed E-state index contributed by atoms with van der Waals surface area (Å²) in [5.74, 6) is -1.53. The fourth-order valence-electron chi connectivity index (χ4n) is 6.11. The number of nitrogens with zero attached hydrogens (tertiary/aromatic N) is 2. The average Bonchev–Trinajstić information content (AvgIpc) is 3.66. The second kappa shape index (κ2) is 29.0. The molecule has 2 unspecified atom stereocenters. The molecule has 0 N–H and O–H groups in total. The molecule has 0 radical (unpaired) electrons. The number of rotatable bonds is 33. The molecule has 0 saturated carbocycles. The zero-order chi connectivity index (χ0) is 41.0. The first-order valence-corrected chi connectivity index (χ1v) is 20.7. The van der Waals surface area contributed by atoms with Crippen LogP contribution in [0.5, 0.6) is 0 Å². The minimum absolute atomic E-state index is 0.213. The van der Waals surface area contributed by atoms with Crippen LogP contribution in [0.3, 0.4) is 0 Å². The number of carbonyl (C=O) groups is 8. The molecule has 0 bridgehead atoms. The topological polar surface area (TPSA) is 180 Å². The van der Waals surface area contributed by atoms with Crippen LogP contribution in [0.25, 0.3) is 0 Å². The predicted molar refractivity (Wildman–Crippen MR) is 206 cm³/mol. The van der Waals surface area contributed by atoms with Crippen LogP contribution >= 0.6 is 0 Å². The third-order valence-electron chi connectivity index (χ3n) is 9.81. The minimum Gasteiger partial charge on any atom is -0.466 e. The molecule has 14 nitrogen and oxygen atoms in total. The van der Waals surface area contributed by atoms with Gasteiger partial charge in [0.05, 0.1) is 26.4 Å². The van der Waals surface area contributed by atoms with Gasteiger partial charge in [-0.1, -0.05) is 52.4 Å². The standard InChI is InChI=1S/C42H64N2O12/c1-33(24-30-54-40(50)16-8-5-12-27-43-35(45)20-21-36(43)46)15-7-3-4-14-29-53-39(49)18-10-11-19-42(52)56-32-26-34(2)25-31-55-41(51)17-9-6-13-28-44-37(47)22-23-38(44)48/h20-23,33-34H,3-19,24-32H2,1-2H3. The summed E-state index contributed by atoms with van der Waals surface area (Å²) in [5.41, 5.74) is 0. The smallest absolute Gasteiger partial charge is 0.305 e. The molecular weight excluding hydrogens is 724 g/mol. The van der Waals surface area contributed by atoms with Crippen molar-refractivity contribution in [3.05, 3.63) is 24.3 Å². The molecule has 14 heteroatoms. The molecule has 2 rings (SSSR count). The maximum Gasteiger partial charge on any atom is 0.305 e. The first-order valence-electron chi connectivity index (χ1n) is 20.7. The van der Waals surface area contributed by atoms with Crippen LogP contribution in [0, 0.1) is 11.8 Å². The molecule has 2 aliphatic rings. The van der Waals surface area contributed by atoms with Crippen molar-refractivity contribution in [2.24, 2.45) is 11.8 Å². The highest BCUT2D eigenvalue weighted by Crippen LogP contribution is 2.16. The van der Waals surface area contributed by atoms with Gasteiger partial charge in [-0.15, -0.1) is 0 Å². The van der Waals surface area contributed by atoms with Crippen LogP contribution in [0.2, 0.25) is 0 Å². The van der Waals surface area contributed by atoms with E-state index in [1.54, 1.807) is 0 Å². The fourth-order valence-corrected chi connectivity index (χ4v) is 6.11. The third kappa shape index (κ3) is 22.3. The normalized spacial score (nSPS) is 14.8. The summed E-state index contributed by atoms with van der Waals surface area (Å²) in [6, 6.07) is 0. The Balaban J connectivity index is 1.30. The Morgan fingerprint density at radius 1 is 0.411 bits per heavy atom. The number of amides is 4. The van der Waals surface area contributed by atoms with Crippen LogP contribution < -0.4 is 0 Å². The number of imide groups is 2. The van der Waals surface area contributed by atoms with Crippen molar-refractivity contribution in [1.82, 2.24) is 9.80 Å². The van der Waals surface area contributed by atoms with Gasteiger partial charge in [-0.3, -0.25) is 48.2 Å². The zero-order valence-corrected chi connectivity index (χ0v) is 33.6. The molecule has 0 saturated heterocycles. The molecular formula is C42H64N2O12. The lowest BCUT2D eigenvalue weighted by molar-refractivity contribution is -0.146. The SMILES string of the molecule is CC(CCCCCCOC(=O)CCCCC(=O)OCCC(C)CCOC(=O)CCCCCN1C(=O)C=CC1=O)CCOC(=O)CCCCCN1C(=O)C=CC1=O. The first-order chi connectivity index (χ1) is 27.0. The van der Waals surface area contributed by atoms with Crippen LogP contribution in [0.4, 0.5) is 0 Å². The van der Waals surface area contributed by atoms with Gasteiger partial charge in [0.15, 0.2) is 0 Å². The largest absolute Gasteiger partial charge is 0.466 e. The Labute approximate surface area is 332 Å². The molecule has 0 aromatic heterocycles. The lowest BCUT2D eigenvalue weighted by atomic mass is 10.00. The number of unbranched alkanes of at least 4 members (excludes halogenated alkanes) is 8. The Bertz CT molecular complexity index is 1310. The van der Waals surface area contributed by atoms with E-state index in [2.05, 4.69) is 6.92 Å². The Kier molecular flexibility index (Phi) is 24.7. The number of hydrogen-bond acceptors (Lipinski definition) is 12. The number of carbonyl (C=O) groups excluding carboxylic acids is 8. The molecule has 2 atom stereocenters. The molecule has 2 heterocycles. The van der Waals surface area contributed by atoms with Gasteiger partial charge in [-0.05, 0) is 76.0 Å². The molecule has 314 valence electrons. The quantitative estimate of drug-likeness (QED) is 0.0324. The van der Waals surface area contributed by atoms with Gasteiger partial charge in [0.25, 0.3) is 23.6 Å². The Hall–Kier alpha value is -4.36. The van der Waals surface area contributed by atoms with Gasteiger partial charge < -0.3 is 18.9 Å². The van der Waals surface area contributed by atoms with Gasteiger partial charge >= 0.3 is 23.9 Å². The van der Waals surface area contributed by atoms with Crippen LogP contribution in [0.15, 0.2) is 24.3 Å². The highest BCUT2D eigenvalue weighted by atomic mass is 16.5. The van der Waals surface area contributed by atoms with Gasteiger partial charge in [0, 0.05) is 63.1 Å². The van der Waals surface area contributed by atoms with Crippen molar-refractivity contribution >= 4 is 47.5 Å². The van der Waals surface area contributed by atoms with E-state index in [4.69, 9.17) is 18.9 Å². The molecule has 0 aromatic rings. The van der Waals surface area contributed by atoms with E-state index in [0.29, 0.717) is 110 Å². The van der Waals surface area contributed by atoms with Gasteiger partial charge in [-0.2, -0.15) is 0 Å². The van der Waals surface area contributed by atoms with E-state index in [-0.39, 0.29) is 72.7 Å². The van der Waals surface area contributed by atoms with Crippen molar-refractivity contribution in [2.75, 3.05) is 39.5 Å². The maximum absolute atomic E-state index is 12.1. The highest BCUT2D eigenvalue weighted by molar-refractivity contribution is 6.13. The van der Waals surface area contributed by atoms with E-state index >= 15 is 0 Å². The second-order valence-corrected chi connectivity index (χ2v) is 14.8. The number of hydrogen-bond donors (Lipinski definition) is 0. The van der Waals surface area contributed by atoms with Gasteiger partial charge in [0.2, 0.25) is 0 Å². The van der Waals surface area contributed by atoms with Crippen molar-refractivity contribution in [3.8, 4) is 0 Å². The Morgan fingerprint density at radius 3 is 1.11 bits per heavy atom. The molecule has 0 aliphatic carbocycles. The summed E-state index contributed by atoms with van der Waals surface area (Å²) in [6.07, 6.45) is 18.4. The molecule has 0 spiro atoms. The minimum atomic E-state index is -0.295. The monoisotopic (exact) mass is 788 g/mol. The maximum atomic E-state index is 12.1. The summed E-state index contributed by atoms with van der Waals surface area (Å²) < 4.78 is 21.3. The molecule has 0 fully saturated rings. The van der Waals surface area contributed by atoms with Crippen LogP contribution in [-0.2, 0) is 57.3 Å². The summed E-state index contributed by atoms with van der Waals surface area (Å²) in [4.78, 5) is 96.5. The van der Waals surface area contributed by atoms with Crippen molar-refractivity contribution in [1.29, 1.82) is 0 Å². The van der Waals surface area contributed by atoms with Crippen molar-refractivity contribution in [2.45, 2.75) is 142 Å². The fraction of sp³-hybridized carbons (Fsp3) is 0.714. The summed E-state index contributed by atoms with van der Waals surface area (Å²) >= 11 is 0. The zero-order valence-electron chi connectivity index (χ0n) is 33.6. The summed E-state index contributed by atoms with van der Waals surface area (Å²) in [7, 11) is 0. The summed E-state index contributed by atoms with van der Waals surface area (Å²) in [6.45, 7) is 6.27. The van der Waals surface area contributed by atoms with Gasteiger partial charge in [-0.25, -0.2) is 0 Å². The average molecular weight is 789 g/mol. The van der Waals surface area contributed by atoms with Crippen LogP contribution in [0.1, 0.15) is 142 Å². The van der Waals surface area contributed by atoms with Gasteiger partial charge in [0.1, 0.15) is 0 Å². The Morgan fingerprint density at radius 2 is 0.714 bits per heavy atom. The van der Waals surface area contributed by atoms with E-state index in [1.165, 1.54) is 34.1 Å². The number of esters is 4. The second-order valence-electron chi connectivity index (χ2n) is 14.8. The van der Waals surface area contributed by atoms with Crippen molar-refractivity contribution < 1.29 is 57.3 Å². The van der Waals surface area contributed by atoms with E-state index in [9.17, 15) is 38.4 Å². The first kappa shape index (κ1) is 47.8. The van der Waals surface area contributed by atoms with E-state index in [0.717, 1.165) is 44.9 Å². The molecule has 2 aliphatic heterocycles. The lowest BCUT2D eigenvalue weighted by Crippen LogP contribution is -2.30. The van der Waals surface area contributed by atoms with Crippen molar-refractivity contribution in [3.63, 3.8) is 0 Å². The van der Waals surface area contributed by atoms with E-state index in [1.807, 2.05) is 6.92 Å². The molecule has 4 amide bonds.